The molecule has 0 unspecified atom stereocenters. The average molecular weight is 496 g/mol. The number of hydrogen-bond donors (Lipinski definition) is 1. The molecule has 0 atom stereocenters. The lowest BCUT2D eigenvalue weighted by molar-refractivity contribution is 0.102. The van der Waals surface area contributed by atoms with Crippen LogP contribution in [0.1, 0.15) is 33.6 Å². The maximum atomic E-state index is 12.8. The van der Waals surface area contributed by atoms with Crippen LogP contribution in [0.3, 0.4) is 0 Å². The van der Waals surface area contributed by atoms with Crippen LogP contribution in [0.25, 0.3) is 0 Å². The Morgan fingerprint density at radius 2 is 1.81 bits per heavy atom. The Morgan fingerprint density at radius 3 is 2.52 bits per heavy atom. The van der Waals surface area contributed by atoms with E-state index in [1.54, 1.807) is 6.20 Å². The van der Waals surface area contributed by atoms with Gasteiger partial charge in [0.15, 0.2) is 5.13 Å². The van der Waals surface area contributed by atoms with Crippen molar-refractivity contribution in [2.45, 2.75) is 24.2 Å². The predicted molar refractivity (Wildman–Crippen MR) is 124 cm³/mol. The fourth-order valence-corrected chi connectivity index (χ4v) is 6.05. The predicted octanol–water partition coefficient (Wildman–Crippen LogP) is 5.08. The highest BCUT2D eigenvalue weighted by Crippen LogP contribution is 2.27. The van der Waals surface area contributed by atoms with Gasteiger partial charge in [-0.2, -0.15) is 4.31 Å². The number of aromatic nitrogens is 1. The molecule has 1 saturated heterocycles. The molecule has 2 heterocycles. The van der Waals surface area contributed by atoms with Gasteiger partial charge in [0.25, 0.3) is 5.91 Å². The summed E-state index contributed by atoms with van der Waals surface area (Å²) in [6.07, 6.45) is 4.03. The number of carbonyl (C=O) groups excluding carboxylic acids is 1. The quantitative estimate of drug-likeness (QED) is 0.517. The molecule has 31 heavy (non-hydrogen) atoms. The van der Waals surface area contributed by atoms with Crippen LogP contribution in [0.15, 0.2) is 53.6 Å². The summed E-state index contributed by atoms with van der Waals surface area (Å²) in [6, 6.07) is 11.7. The first-order valence-electron chi connectivity index (χ1n) is 9.63. The van der Waals surface area contributed by atoms with Gasteiger partial charge in [0.05, 0.1) is 15.5 Å². The molecule has 0 saturated carbocycles. The van der Waals surface area contributed by atoms with Crippen molar-refractivity contribution in [1.82, 2.24) is 9.29 Å². The zero-order chi connectivity index (χ0) is 22.0. The van der Waals surface area contributed by atoms with Crippen LogP contribution in [0.4, 0.5) is 5.13 Å². The van der Waals surface area contributed by atoms with Crippen LogP contribution in [0, 0.1) is 0 Å². The van der Waals surface area contributed by atoms with Gasteiger partial charge in [-0.3, -0.25) is 10.1 Å². The summed E-state index contributed by atoms with van der Waals surface area (Å²) in [5.41, 5.74) is 1.17. The first kappa shape index (κ1) is 22.2. The van der Waals surface area contributed by atoms with Gasteiger partial charge in [0.1, 0.15) is 0 Å². The standard InChI is InChI=1S/C21H19Cl2N3O3S2/c22-15-5-3-14(4-6-15)11-16-13-24-21(30-16)25-20(27)18-12-17(7-8-19(18)23)31(28,29)26-9-1-2-10-26/h3-8,12-13H,1-2,9-11H2,(H,24,25,27). The number of nitrogens with one attached hydrogen (secondary N) is 1. The van der Waals surface area contributed by atoms with Crippen molar-refractivity contribution in [3.63, 3.8) is 0 Å². The highest BCUT2D eigenvalue weighted by atomic mass is 35.5. The zero-order valence-electron chi connectivity index (χ0n) is 16.3. The van der Waals surface area contributed by atoms with Crippen LogP contribution in [-0.4, -0.2) is 36.7 Å². The number of nitrogens with zero attached hydrogens (tertiary/aromatic N) is 2. The monoisotopic (exact) mass is 495 g/mol. The molecule has 3 aromatic rings. The third kappa shape index (κ3) is 5.10. The number of benzene rings is 2. The molecule has 1 amide bonds. The van der Waals surface area contributed by atoms with Gasteiger partial charge in [0.2, 0.25) is 10.0 Å². The molecule has 1 aliphatic rings. The smallest absolute Gasteiger partial charge is 0.259 e. The van der Waals surface area contributed by atoms with Gasteiger partial charge in [-0.15, -0.1) is 11.3 Å². The molecule has 1 fully saturated rings. The van der Waals surface area contributed by atoms with E-state index in [9.17, 15) is 13.2 Å². The van der Waals surface area contributed by atoms with Crippen molar-refractivity contribution >= 4 is 55.6 Å². The molecule has 1 N–H and O–H groups in total. The summed E-state index contributed by atoms with van der Waals surface area (Å²) in [6.45, 7) is 0.976. The third-order valence-corrected chi connectivity index (χ3v) is 8.34. The lowest BCUT2D eigenvalue weighted by Gasteiger charge is -2.16. The molecular weight excluding hydrogens is 477 g/mol. The Kier molecular flexibility index (Phi) is 6.64. The van der Waals surface area contributed by atoms with Gasteiger partial charge >= 0.3 is 0 Å². The van der Waals surface area contributed by atoms with Crippen LogP contribution >= 0.6 is 34.5 Å². The van der Waals surface area contributed by atoms with E-state index >= 15 is 0 Å². The number of rotatable bonds is 6. The number of carbonyl (C=O) groups is 1. The summed E-state index contributed by atoms with van der Waals surface area (Å²) in [5.74, 6) is -0.504. The maximum Gasteiger partial charge on any atom is 0.259 e. The Hall–Kier alpha value is -1.97. The van der Waals surface area contributed by atoms with Crippen LogP contribution in [0.5, 0.6) is 0 Å². The van der Waals surface area contributed by atoms with Crippen molar-refractivity contribution < 1.29 is 13.2 Å². The first-order chi connectivity index (χ1) is 14.8. The van der Waals surface area contributed by atoms with E-state index in [0.717, 1.165) is 23.3 Å². The highest BCUT2D eigenvalue weighted by Gasteiger charge is 2.28. The minimum absolute atomic E-state index is 0.0616. The van der Waals surface area contributed by atoms with Crippen LogP contribution in [0.2, 0.25) is 10.0 Å². The van der Waals surface area contributed by atoms with Crippen molar-refractivity contribution in [3.8, 4) is 0 Å². The molecule has 6 nitrogen and oxygen atoms in total. The van der Waals surface area contributed by atoms with E-state index in [4.69, 9.17) is 23.2 Å². The summed E-state index contributed by atoms with van der Waals surface area (Å²) in [5, 5.41) is 3.98. The Balaban J connectivity index is 1.50. The molecule has 0 bridgehead atoms. The second-order valence-electron chi connectivity index (χ2n) is 7.14. The van der Waals surface area contributed by atoms with E-state index in [-0.39, 0.29) is 15.5 Å². The summed E-state index contributed by atoms with van der Waals surface area (Å²) < 4.78 is 27.1. The van der Waals surface area contributed by atoms with E-state index in [2.05, 4.69) is 10.3 Å². The van der Waals surface area contributed by atoms with E-state index in [1.165, 1.54) is 33.8 Å². The molecule has 0 spiro atoms. The van der Waals surface area contributed by atoms with E-state index in [1.807, 2.05) is 24.3 Å². The number of halogens is 2. The van der Waals surface area contributed by atoms with Gasteiger partial charge in [-0.05, 0) is 48.7 Å². The number of sulfonamides is 1. The largest absolute Gasteiger partial charge is 0.298 e. The van der Waals surface area contributed by atoms with Crippen molar-refractivity contribution in [2.24, 2.45) is 0 Å². The Bertz CT molecular complexity index is 1200. The van der Waals surface area contributed by atoms with Crippen molar-refractivity contribution in [2.75, 3.05) is 18.4 Å². The highest BCUT2D eigenvalue weighted by molar-refractivity contribution is 7.89. The second-order valence-corrected chi connectivity index (χ2v) is 11.0. The van der Waals surface area contributed by atoms with Crippen LogP contribution in [-0.2, 0) is 16.4 Å². The van der Waals surface area contributed by atoms with Gasteiger partial charge in [-0.1, -0.05) is 35.3 Å². The molecule has 10 heteroatoms. The molecule has 1 aliphatic heterocycles. The second kappa shape index (κ2) is 9.26. The van der Waals surface area contributed by atoms with Crippen LogP contribution < -0.4 is 5.32 Å². The first-order valence-corrected chi connectivity index (χ1v) is 12.6. The summed E-state index contributed by atoms with van der Waals surface area (Å²) in [7, 11) is -3.65. The summed E-state index contributed by atoms with van der Waals surface area (Å²) >= 11 is 13.5. The van der Waals surface area contributed by atoms with Crippen molar-refractivity contribution in [1.29, 1.82) is 0 Å². The maximum absolute atomic E-state index is 12.8. The molecule has 4 rings (SSSR count). The van der Waals surface area contributed by atoms with Gasteiger partial charge in [-0.25, -0.2) is 13.4 Å². The van der Waals surface area contributed by atoms with Crippen molar-refractivity contribution in [3.05, 3.63) is 74.7 Å². The van der Waals surface area contributed by atoms with Gasteiger partial charge in [0, 0.05) is 35.6 Å². The molecule has 0 radical (unpaired) electrons. The summed E-state index contributed by atoms with van der Waals surface area (Å²) in [4.78, 5) is 18.1. The van der Waals surface area contributed by atoms with E-state index < -0.39 is 15.9 Å². The minimum Gasteiger partial charge on any atom is -0.298 e. The average Bonchev–Trinajstić information content (AvgIpc) is 3.43. The lowest BCUT2D eigenvalue weighted by Crippen LogP contribution is -2.28. The fourth-order valence-electron chi connectivity index (χ4n) is 3.33. The number of anilines is 1. The minimum atomic E-state index is -3.65. The Morgan fingerprint density at radius 1 is 1.10 bits per heavy atom. The third-order valence-electron chi connectivity index (χ3n) is 4.95. The molecule has 0 aliphatic carbocycles. The SMILES string of the molecule is O=C(Nc1ncc(Cc2ccc(Cl)cc2)s1)c1cc(S(=O)(=O)N2CCCC2)ccc1Cl. The zero-order valence-corrected chi connectivity index (χ0v) is 19.5. The molecule has 162 valence electrons. The topological polar surface area (TPSA) is 79.4 Å². The number of hydrogen-bond acceptors (Lipinski definition) is 5. The molecule has 1 aromatic heterocycles. The lowest BCUT2D eigenvalue weighted by atomic mass is 10.1. The fraction of sp³-hybridized carbons (Fsp3) is 0.238. The molecular formula is C21H19Cl2N3O3S2. The number of thiazole rings is 1. The number of amides is 1. The Labute approximate surface area is 194 Å². The normalized spacial score (nSPS) is 14.6. The molecule has 2 aromatic carbocycles. The van der Waals surface area contributed by atoms with Gasteiger partial charge < -0.3 is 0 Å². The van der Waals surface area contributed by atoms with E-state index in [0.29, 0.717) is 29.7 Å².